The monoisotopic (exact) mass is 315 g/mol. The molecule has 7 nitrogen and oxygen atoms in total. The second-order valence-electron chi connectivity index (χ2n) is 4.30. The first-order chi connectivity index (χ1) is 10.7. The molecular formula is C14H13N5O2S. The van der Waals surface area contributed by atoms with E-state index in [4.69, 9.17) is 21.7 Å². The molecule has 0 amide bonds. The Morgan fingerprint density at radius 2 is 1.68 bits per heavy atom. The van der Waals surface area contributed by atoms with Gasteiger partial charge in [-0.15, -0.1) is 0 Å². The van der Waals surface area contributed by atoms with Gasteiger partial charge in [0.15, 0.2) is 4.77 Å². The van der Waals surface area contributed by atoms with Crippen molar-refractivity contribution in [1.82, 2.24) is 24.7 Å². The van der Waals surface area contributed by atoms with Crippen molar-refractivity contribution in [2.75, 3.05) is 14.2 Å². The van der Waals surface area contributed by atoms with Crippen LogP contribution >= 0.6 is 12.2 Å². The molecular weight excluding hydrogens is 302 g/mol. The minimum atomic E-state index is 0.354. The summed E-state index contributed by atoms with van der Waals surface area (Å²) in [4.78, 5) is 8.61. The molecule has 3 aromatic rings. The highest BCUT2D eigenvalue weighted by Gasteiger charge is 2.16. The van der Waals surface area contributed by atoms with Gasteiger partial charge in [-0.2, -0.15) is 15.1 Å². The summed E-state index contributed by atoms with van der Waals surface area (Å²) in [5.41, 5.74) is 0.863. The van der Waals surface area contributed by atoms with Crippen LogP contribution in [0, 0.1) is 4.77 Å². The van der Waals surface area contributed by atoms with Crippen molar-refractivity contribution in [1.29, 1.82) is 0 Å². The molecule has 0 atom stereocenters. The second kappa shape index (κ2) is 5.94. The van der Waals surface area contributed by atoms with Crippen molar-refractivity contribution in [3.8, 4) is 29.1 Å². The van der Waals surface area contributed by atoms with E-state index in [0.29, 0.717) is 28.2 Å². The lowest BCUT2D eigenvalue weighted by atomic mass is 10.3. The normalized spacial score (nSPS) is 10.5. The highest BCUT2D eigenvalue weighted by Crippen LogP contribution is 2.23. The second-order valence-corrected chi connectivity index (χ2v) is 4.69. The third-order valence-corrected chi connectivity index (χ3v) is 3.26. The fraction of sp³-hybridized carbons (Fsp3) is 0.143. The third kappa shape index (κ3) is 2.56. The minimum absolute atomic E-state index is 0.354. The maximum atomic E-state index is 5.30. The summed E-state index contributed by atoms with van der Waals surface area (Å²) in [6, 6.07) is 11.2. The van der Waals surface area contributed by atoms with Crippen molar-refractivity contribution in [2.24, 2.45) is 0 Å². The zero-order chi connectivity index (χ0) is 15.5. The molecule has 112 valence electrons. The highest BCUT2D eigenvalue weighted by atomic mass is 32.1. The number of methoxy groups -OCH3 is 2. The maximum absolute atomic E-state index is 5.30. The van der Waals surface area contributed by atoms with Gasteiger partial charge in [0, 0.05) is 0 Å². The van der Waals surface area contributed by atoms with Crippen LogP contribution in [0.25, 0.3) is 17.3 Å². The molecule has 0 spiro atoms. The largest absolute Gasteiger partial charge is 0.481 e. The number of aromatic amines is 1. The fourth-order valence-electron chi connectivity index (χ4n) is 1.98. The van der Waals surface area contributed by atoms with Crippen LogP contribution in [0.4, 0.5) is 0 Å². The number of benzene rings is 1. The molecule has 0 radical (unpaired) electrons. The van der Waals surface area contributed by atoms with E-state index < -0.39 is 0 Å². The van der Waals surface area contributed by atoms with Gasteiger partial charge in [-0.1, -0.05) is 18.2 Å². The van der Waals surface area contributed by atoms with Gasteiger partial charge in [0.25, 0.3) is 0 Å². The number of nitrogens with one attached hydrogen (secondary N) is 1. The molecule has 2 heterocycles. The third-order valence-electron chi connectivity index (χ3n) is 2.98. The molecule has 0 saturated carbocycles. The van der Waals surface area contributed by atoms with Crippen LogP contribution in [-0.2, 0) is 0 Å². The summed E-state index contributed by atoms with van der Waals surface area (Å²) >= 11 is 5.30. The number of ether oxygens (including phenoxy) is 2. The number of rotatable bonds is 4. The van der Waals surface area contributed by atoms with E-state index in [1.807, 2.05) is 30.3 Å². The summed E-state index contributed by atoms with van der Waals surface area (Å²) in [5.74, 6) is 1.60. The average Bonchev–Trinajstić information content (AvgIpc) is 2.96. The van der Waals surface area contributed by atoms with Gasteiger partial charge in [-0.05, 0) is 24.4 Å². The van der Waals surface area contributed by atoms with Crippen molar-refractivity contribution >= 4 is 12.2 Å². The first kappa shape index (κ1) is 14.2. The summed E-state index contributed by atoms with van der Waals surface area (Å²) in [6.45, 7) is 0. The smallest absolute Gasteiger partial charge is 0.220 e. The van der Waals surface area contributed by atoms with E-state index >= 15 is 0 Å². The molecule has 0 aliphatic rings. The van der Waals surface area contributed by atoms with E-state index in [1.54, 1.807) is 10.6 Å². The average molecular weight is 315 g/mol. The van der Waals surface area contributed by atoms with E-state index in [2.05, 4.69) is 20.2 Å². The summed E-state index contributed by atoms with van der Waals surface area (Å²) in [7, 11) is 3.06. The van der Waals surface area contributed by atoms with E-state index in [0.717, 1.165) is 5.69 Å². The number of para-hydroxylation sites is 1. The highest BCUT2D eigenvalue weighted by molar-refractivity contribution is 7.71. The molecule has 3 rings (SSSR count). The van der Waals surface area contributed by atoms with Gasteiger partial charge in [0.2, 0.25) is 23.4 Å². The molecule has 0 unspecified atom stereocenters. The zero-order valence-corrected chi connectivity index (χ0v) is 12.8. The van der Waals surface area contributed by atoms with E-state index in [9.17, 15) is 0 Å². The van der Waals surface area contributed by atoms with Gasteiger partial charge in [-0.3, -0.25) is 9.67 Å². The van der Waals surface area contributed by atoms with Crippen LogP contribution in [0.3, 0.4) is 0 Å². The Kier molecular flexibility index (Phi) is 3.84. The van der Waals surface area contributed by atoms with Crippen molar-refractivity contribution < 1.29 is 9.47 Å². The van der Waals surface area contributed by atoms with Crippen LogP contribution in [0.5, 0.6) is 11.8 Å². The van der Waals surface area contributed by atoms with Crippen LogP contribution in [0.15, 0.2) is 36.4 Å². The molecule has 0 fully saturated rings. The summed E-state index contributed by atoms with van der Waals surface area (Å²) in [5, 5.41) is 6.99. The number of H-pyrrole nitrogens is 1. The first-order valence-electron chi connectivity index (χ1n) is 6.43. The maximum Gasteiger partial charge on any atom is 0.220 e. The standard InChI is InChI=1S/C14H13N5O2S/c1-20-10-8-11(21-2)16-12(15-10)13-17-18-14(22)19(13)9-6-4-3-5-7-9/h3-8H,1-2H3,(H,18,22). The number of aromatic nitrogens is 5. The van der Waals surface area contributed by atoms with Gasteiger partial charge in [0.05, 0.1) is 26.0 Å². The quantitative estimate of drug-likeness (QED) is 0.745. The van der Waals surface area contributed by atoms with E-state index in [1.165, 1.54) is 14.2 Å². The van der Waals surface area contributed by atoms with Gasteiger partial charge >= 0.3 is 0 Å². The Morgan fingerprint density at radius 3 is 2.27 bits per heavy atom. The SMILES string of the molecule is COc1cc(OC)nc(-c2n[nH]c(=S)n2-c2ccccc2)n1. The Bertz CT molecular complexity index is 822. The zero-order valence-electron chi connectivity index (χ0n) is 12.0. The molecule has 0 aliphatic heterocycles. The number of hydrogen-bond acceptors (Lipinski definition) is 6. The summed E-state index contributed by atoms with van der Waals surface area (Å²) < 4.78 is 12.5. The predicted molar refractivity (Wildman–Crippen MR) is 82.9 cm³/mol. The van der Waals surface area contributed by atoms with Gasteiger partial charge in [0.1, 0.15) is 0 Å². The van der Waals surface area contributed by atoms with E-state index in [-0.39, 0.29) is 0 Å². The van der Waals surface area contributed by atoms with Crippen LogP contribution in [0.2, 0.25) is 0 Å². The molecule has 1 N–H and O–H groups in total. The molecule has 1 aromatic carbocycles. The summed E-state index contributed by atoms with van der Waals surface area (Å²) in [6.07, 6.45) is 0. The first-order valence-corrected chi connectivity index (χ1v) is 6.84. The molecule has 2 aromatic heterocycles. The topological polar surface area (TPSA) is 77.9 Å². The van der Waals surface area contributed by atoms with Crippen LogP contribution in [-0.4, -0.2) is 39.0 Å². The molecule has 22 heavy (non-hydrogen) atoms. The Labute approximate surface area is 131 Å². The lowest BCUT2D eigenvalue weighted by Gasteiger charge is -2.08. The van der Waals surface area contributed by atoms with Crippen LogP contribution < -0.4 is 9.47 Å². The Morgan fingerprint density at radius 1 is 1.05 bits per heavy atom. The van der Waals surface area contributed by atoms with Crippen LogP contribution in [0.1, 0.15) is 0 Å². The molecule has 8 heteroatoms. The predicted octanol–water partition coefficient (Wildman–Crippen LogP) is 2.40. The minimum Gasteiger partial charge on any atom is -0.481 e. The van der Waals surface area contributed by atoms with Crippen molar-refractivity contribution in [3.63, 3.8) is 0 Å². The lowest BCUT2D eigenvalue weighted by molar-refractivity contribution is 0.372. The fourth-order valence-corrected chi connectivity index (χ4v) is 2.21. The number of hydrogen-bond donors (Lipinski definition) is 1. The van der Waals surface area contributed by atoms with Gasteiger partial charge in [-0.25, -0.2) is 0 Å². The van der Waals surface area contributed by atoms with Crippen molar-refractivity contribution in [2.45, 2.75) is 0 Å². The van der Waals surface area contributed by atoms with Crippen molar-refractivity contribution in [3.05, 3.63) is 41.2 Å². The lowest BCUT2D eigenvalue weighted by Crippen LogP contribution is -2.03. The molecule has 0 aliphatic carbocycles. The Hall–Kier alpha value is -2.74. The Balaban J connectivity index is 2.20. The molecule has 0 saturated heterocycles. The number of nitrogens with zero attached hydrogens (tertiary/aromatic N) is 4. The molecule has 0 bridgehead atoms. The van der Waals surface area contributed by atoms with Gasteiger partial charge < -0.3 is 9.47 Å².